The number of methoxy groups -OCH3 is 1. The van der Waals surface area contributed by atoms with E-state index in [0.717, 1.165) is 26.5 Å². The molecule has 0 bridgehead atoms. The summed E-state index contributed by atoms with van der Waals surface area (Å²) in [5, 5.41) is 0.208. The van der Waals surface area contributed by atoms with Gasteiger partial charge in [-0.15, -0.1) is 0 Å². The van der Waals surface area contributed by atoms with Crippen molar-refractivity contribution >= 4 is 63.2 Å². The topological polar surface area (TPSA) is 55.8 Å². The van der Waals surface area contributed by atoms with Crippen LogP contribution in [0.5, 0.6) is 11.5 Å². The molecule has 1 fully saturated rings. The van der Waals surface area contributed by atoms with Crippen LogP contribution >= 0.6 is 46.0 Å². The fourth-order valence-corrected chi connectivity index (χ4v) is 4.51. The van der Waals surface area contributed by atoms with Gasteiger partial charge in [-0.3, -0.25) is 14.5 Å². The number of hydrogen-bond donors (Lipinski definition) is 0. The summed E-state index contributed by atoms with van der Waals surface area (Å²) >= 11 is 9.23. The molecule has 2 amide bonds. The number of carbonyl (C=O) groups is 2. The Morgan fingerprint density at radius 1 is 1.25 bits per heavy atom. The fraction of sp³-hybridized carbons (Fsp3) is 0.200. The summed E-state index contributed by atoms with van der Waals surface area (Å²) in [5.41, 5.74) is 1.48. The summed E-state index contributed by atoms with van der Waals surface area (Å²) in [6, 6.07) is 10.8. The summed E-state index contributed by atoms with van der Waals surface area (Å²) in [4.78, 5) is 26.7. The molecular weight excluding hydrogens is 513 g/mol. The van der Waals surface area contributed by atoms with Crippen LogP contribution in [-0.2, 0) is 11.3 Å². The van der Waals surface area contributed by atoms with Crippen LogP contribution in [0.4, 0.5) is 4.79 Å². The number of benzene rings is 2. The number of ether oxygens (including phenoxy) is 2. The van der Waals surface area contributed by atoms with Gasteiger partial charge in [0.05, 0.1) is 28.7 Å². The monoisotopic (exact) mass is 529 g/mol. The van der Waals surface area contributed by atoms with Crippen LogP contribution in [0.1, 0.15) is 18.1 Å². The van der Waals surface area contributed by atoms with Crippen LogP contribution in [0.3, 0.4) is 0 Å². The van der Waals surface area contributed by atoms with E-state index >= 15 is 0 Å². The molecule has 0 saturated carbocycles. The van der Waals surface area contributed by atoms with Gasteiger partial charge in [0, 0.05) is 5.02 Å². The lowest BCUT2D eigenvalue weighted by atomic mass is 10.1. The molecule has 5 nitrogen and oxygen atoms in total. The van der Waals surface area contributed by atoms with Crippen molar-refractivity contribution in [1.29, 1.82) is 0 Å². The van der Waals surface area contributed by atoms with Crippen molar-refractivity contribution in [2.45, 2.75) is 13.5 Å². The summed E-state index contributed by atoms with van der Waals surface area (Å²) in [5.74, 6) is 0.905. The van der Waals surface area contributed by atoms with E-state index in [0.29, 0.717) is 28.0 Å². The zero-order valence-corrected chi connectivity index (χ0v) is 18.9. The molecule has 0 atom stereocenters. The average Bonchev–Trinajstić information content (AvgIpc) is 2.92. The van der Waals surface area contributed by atoms with Crippen molar-refractivity contribution in [3.63, 3.8) is 0 Å². The van der Waals surface area contributed by atoms with E-state index in [9.17, 15) is 9.59 Å². The molecule has 28 heavy (non-hydrogen) atoms. The zero-order chi connectivity index (χ0) is 20.3. The third kappa shape index (κ3) is 4.47. The van der Waals surface area contributed by atoms with Gasteiger partial charge in [0.15, 0.2) is 11.5 Å². The van der Waals surface area contributed by atoms with Crippen LogP contribution in [0.25, 0.3) is 6.08 Å². The smallest absolute Gasteiger partial charge is 0.293 e. The highest BCUT2D eigenvalue weighted by Gasteiger charge is 2.35. The first-order chi connectivity index (χ1) is 13.4. The van der Waals surface area contributed by atoms with E-state index in [2.05, 4.69) is 22.6 Å². The Hall–Kier alpha value is -1.71. The zero-order valence-electron chi connectivity index (χ0n) is 15.2. The average molecular weight is 530 g/mol. The Kier molecular flexibility index (Phi) is 6.90. The van der Waals surface area contributed by atoms with Gasteiger partial charge in [-0.25, -0.2) is 0 Å². The molecule has 8 heteroatoms. The van der Waals surface area contributed by atoms with Gasteiger partial charge in [0.2, 0.25) is 0 Å². The van der Waals surface area contributed by atoms with Crippen LogP contribution in [-0.4, -0.2) is 29.8 Å². The second-order valence-corrected chi connectivity index (χ2v) is 8.39. The predicted molar refractivity (Wildman–Crippen MR) is 120 cm³/mol. The minimum atomic E-state index is -0.335. The molecule has 1 saturated heterocycles. The second kappa shape index (κ2) is 9.19. The van der Waals surface area contributed by atoms with E-state index in [1.54, 1.807) is 37.5 Å². The molecule has 2 aromatic carbocycles. The molecule has 1 aliphatic rings. The Morgan fingerprint density at radius 2 is 2.00 bits per heavy atom. The molecule has 0 radical (unpaired) electrons. The molecule has 1 aliphatic heterocycles. The maximum Gasteiger partial charge on any atom is 0.293 e. The van der Waals surface area contributed by atoms with Gasteiger partial charge in [0.1, 0.15) is 0 Å². The quantitative estimate of drug-likeness (QED) is 0.361. The van der Waals surface area contributed by atoms with Gasteiger partial charge in [-0.05, 0) is 76.7 Å². The van der Waals surface area contributed by atoms with Crippen LogP contribution < -0.4 is 9.47 Å². The highest BCUT2D eigenvalue weighted by atomic mass is 127. The first-order valence-corrected chi connectivity index (χ1v) is 10.7. The van der Waals surface area contributed by atoms with E-state index < -0.39 is 0 Å². The Morgan fingerprint density at radius 3 is 2.68 bits per heavy atom. The number of amides is 2. The molecule has 0 unspecified atom stereocenters. The number of thioether (sulfide) groups is 1. The maximum absolute atomic E-state index is 12.8. The number of rotatable bonds is 6. The first-order valence-electron chi connectivity index (χ1n) is 8.43. The number of imide groups is 1. The summed E-state index contributed by atoms with van der Waals surface area (Å²) in [6.07, 6.45) is 1.69. The minimum Gasteiger partial charge on any atom is -0.493 e. The van der Waals surface area contributed by atoms with Crippen molar-refractivity contribution in [3.8, 4) is 11.5 Å². The SMILES string of the molecule is CCOc1c(I)cc(/C=C2/SC(=O)N(Cc3ccccc3Cl)C2=O)cc1OC. The lowest BCUT2D eigenvalue weighted by molar-refractivity contribution is -0.123. The molecule has 0 N–H and O–H groups in total. The van der Waals surface area contributed by atoms with Crippen molar-refractivity contribution < 1.29 is 19.1 Å². The van der Waals surface area contributed by atoms with Gasteiger partial charge >= 0.3 is 0 Å². The fourth-order valence-electron chi connectivity index (χ4n) is 2.69. The highest BCUT2D eigenvalue weighted by Crippen LogP contribution is 2.38. The number of halogens is 2. The molecule has 146 valence electrons. The standard InChI is InChI=1S/C20H17ClINO4S/c1-3-27-18-15(22)8-12(9-16(18)26-2)10-17-19(24)23(20(25)28-17)11-13-6-4-5-7-14(13)21/h4-10H,3,11H2,1-2H3/b17-10+. The molecule has 2 aromatic rings. The van der Waals surface area contributed by atoms with E-state index in [1.807, 2.05) is 19.1 Å². The maximum atomic E-state index is 12.8. The van der Waals surface area contributed by atoms with Crippen LogP contribution in [0, 0.1) is 3.57 Å². The minimum absolute atomic E-state index is 0.145. The molecule has 0 aromatic heterocycles. The molecule has 1 heterocycles. The molecule has 0 aliphatic carbocycles. The largest absolute Gasteiger partial charge is 0.493 e. The second-order valence-electron chi connectivity index (χ2n) is 5.83. The van der Waals surface area contributed by atoms with Crippen LogP contribution in [0.2, 0.25) is 5.02 Å². The first kappa shape index (κ1) is 21.0. The normalized spacial score (nSPS) is 15.4. The summed E-state index contributed by atoms with van der Waals surface area (Å²) < 4.78 is 11.9. The van der Waals surface area contributed by atoms with Crippen LogP contribution in [0.15, 0.2) is 41.3 Å². The van der Waals surface area contributed by atoms with Gasteiger partial charge in [-0.1, -0.05) is 29.8 Å². The van der Waals surface area contributed by atoms with Crippen molar-refractivity contribution in [3.05, 3.63) is 61.0 Å². The number of hydrogen-bond acceptors (Lipinski definition) is 5. The third-order valence-electron chi connectivity index (χ3n) is 4.00. The van der Waals surface area contributed by atoms with Gasteiger partial charge < -0.3 is 9.47 Å². The lowest BCUT2D eigenvalue weighted by Crippen LogP contribution is -2.27. The predicted octanol–water partition coefficient (Wildman–Crippen LogP) is 5.59. The molecule has 0 spiro atoms. The highest BCUT2D eigenvalue weighted by molar-refractivity contribution is 14.1. The Labute approximate surface area is 186 Å². The molecule has 3 rings (SSSR count). The molecular formula is C20H17ClINO4S. The summed E-state index contributed by atoms with van der Waals surface area (Å²) in [6.45, 7) is 2.57. The van der Waals surface area contributed by atoms with Crippen molar-refractivity contribution in [1.82, 2.24) is 4.90 Å². The van der Waals surface area contributed by atoms with E-state index in [1.165, 1.54) is 4.90 Å². The third-order valence-corrected chi connectivity index (χ3v) is 6.08. The van der Waals surface area contributed by atoms with Gasteiger partial charge in [0.25, 0.3) is 11.1 Å². The van der Waals surface area contributed by atoms with Crippen molar-refractivity contribution in [2.24, 2.45) is 0 Å². The van der Waals surface area contributed by atoms with E-state index in [4.69, 9.17) is 21.1 Å². The number of carbonyl (C=O) groups excluding carboxylic acids is 2. The lowest BCUT2D eigenvalue weighted by Gasteiger charge is -2.13. The Balaban J connectivity index is 1.87. The Bertz CT molecular complexity index is 963. The van der Waals surface area contributed by atoms with E-state index in [-0.39, 0.29) is 17.7 Å². The van der Waals surface area contributed by atoms with Gasteiger partial charge in [-0.2, -0.15) is 0 Å². The summed E-state index contributed by atoms with van der Waals surface area (Å²) in [7, 11) is 1.56. The van der Waals surface area contributed by atoms with Crippen molar-refractivity contribution in [2.75, 3.05) is 13.7 Å². The number of nitrogens with zero attached hydrogens (tertiary/aromatic N) is 1.